The molecule has 1 unspecified atom stereocenters. The van der Waals surface area contributed by atoms with Crippen LogP contribution >= 0.6 is 0 Å². The third-order valence-electron chi connectivity index (χ3n) is 9.64. The number of amides is 1. The molecule has 1 amide bonds. The van der Waals surface area contributed by atoms with Crippen molar-refractivity contribution in [3.05, 3.63) is 11.8 Å². The molecule has 0 aromatic rings. The Labute approximate surface area is 300 Å². The van der Waals surface area contributed by atoms with Crippen LogP contribution < -0.4 is 45.0 Å². The lowest BCUT2D eigenvalue weighted by atomic mass is 9.83. The summed E-state index contributed by atoms with van der Waals surface area (Å²) in [6, 6.07) is -4.12. The fraction of sp³-hybridized carbons (Fsp3) is 0.900. The molecule has 4 rings (SSSR count). The van der Waals surface area contributed by atoms with Crippen molar-refractivity contribution < 1.29 is 69.0 Å². The predicted octanol–water partition coefficient (Wildman–Crippen LogP) is -8.89. The monoisotopic (exact) mass is 754 g/mol. The normalized spacial score (nSPS) is 42.3. The van der Waals surface area contributed by atoms with Gasteiger partial charge in [-0.3, -0.25) is 4.79 Å². The van der Waals surface area contributed by atoms with Crippen LogP contribution in [0.4, 0.5) is 0 Å². The molecule has 21 N–H and O–H groups in total. The number of aliphatic hydroxyl groups is 7. The van der Waals surface area contributed by atoms with E-state index in [-0.39, 0.29) is 13.0 Å². The van der Waals surface area contributed by atoms with E-state index in [4.69, 9.17) is 62.8 Å². The number of aliphatic hydroxyl groups excluding tert-OH is 7. The van der Waals surface area contributed by atoms with Crippen molar-refractivity contribution in [2.75, 3.05) is 39.3 Å². The highest BCUT2D eigenvalue weighted by Crippen LogP contribution is 2.34. The van der Waals surface area contributed by atoms with Crippen molar-refractivity contribution in [3.63, 3.8) is 0 Å². The Morgan fingerprint density at radius 2 is 1.54 bits per heavy atom. The Morgan fingerprint density at radius 1 is 0.865 bits per heavy atom. The average molecular weight is 755 g/mol. The van der Waals surface area contributed by atoms with Crippen molar-refractivity contribution in [1.82, 2.24) is 10.6 Å². The van der Waals surface area contributed by atoms with Gasteiger partial charge in [-0.15, -0.1) is 0 Å². The first-order valence-corrected chi connectivity index (χ1v) is 17.5. The van der Waals surface area contributed by atoms with Gasteiger partial charge in [-0.2, -0.15) is 0 Å². The van der Waals surface area contributed by atoms with Crippen molar-refractivity contribution >= 4 is 5.91 Å². The van der Waals surface area contributed by atoms with Gasteiger partial charge in [-0.1, -0.05) is 0 Å². The highest BCUT2D eigenvalue weighted by Gasteiger charge is 2.54. The van der Waals surface area contributed by atoms with Crippen LogP contribution in [-0.2, 0) is 33.2 Å². The Hall–Kier alpha value is -1.75. The van der Waals surface area contributed by atoms with E-state index in [2.05, 4.69) is 10.6 Å². The first-order valence-electron chi connectivity index (χ1n) is 17.5. The number of rotatable bonds is 17. The first-order chi connectivity index (χ1) is 24.8. The fourth-order valence-electron chi connectivity index (χ4n) is 6.50. The van der Waals surface area contributed by atoms with Gasteiger partial charge in [0.2, 0.25) is 6.29 Å². The standard InChI is InChI=1S/C30H58N8O14/c31-4-1-5-37-9-11-2-3-12(34)28(47-11)50-24-13(35)6-14(38-27(46)20(42)15(40)7-32)19(41)26(24)52-30-23(45)25(17(10-39)49-30)51-29-18(36)22(44)21(43)16(8-33)48-29/h2,12-26,28-30,37,39-45H,1,3-10,31-36H2,(H,38,46)/t12-,13+,14-,15-,16+,17-,18-,19+,20?,21-,22-,23-,24-,25-,26-,28-,29-,30+/m1/s1. The first kappa shape index (κ1) is 43.0. The molecule has 302 valence electrons. The van der Waals surface area contributed by atoms with Crippen molar-refractivity contribution in [3.8, 4) is 0 Å². The molecule has 18 atom stereocenters. The third-order valence-corrected chi connectivity index (χ3v) is 9.64. The second-order valence-corrected chi connectivity index (χ2v) is 13.5. The van der Waals surface area contributed by atoms with E-state index in [1.807, 2.05) is 6.08 Å². The lowest BCUT2D eigenvalue weighted by Crippen LogP contribution is -2.67. The van der Waals surface area contributed by atoms with Gasteiger partial charge >= 0.3 is 0 Å². The number of ether oxygens (including phenoxy) is 6. The molecule has 0 radical (unpaired) electrons. The minimum absolute atomic E-state index is 0.110. The average Bonchev–Trinajstić information content (AvgIpc) is 3.43. The van der Waals surface area contributed by atoms with Gasteiger partial charge in [0.15, 0.2) is 18.7 Å². The SMILES string of the molecule is NCCCNCC1=CC[C@@H](N)[C@@H](O[C@H]2[C@H](O[C@@H]3O[C@H](CO)[C@@H](O[C@H]4O[C@@H](CN)[C@@H](O)[C@H](O)[C@H]4N)[C@H]3O)[C@@H](O)[C@H](NC(=O)C(O)[C@H](O)CN)C[C@@H]2N)O1. The zero-order valence-electron chi connectivity index (χ0n) is 28.8. The minimum atomic E-state index is -1.92. The van der Waals surface area contributed by atoms with Crippen LogP contribution in [0.2, 0.25) is 0 Å². The van der Waals surface area contributed by atoms with Crippen molar-refractivity contribution in [2.45, 2.75) is 129 Å². The van der Waals surface area contributed by atoms with Crippen LogP contribution in [0.5, 0.6) is 0 Å². The summed E-state index contributed by atoms with van der Waals surface area (Å²) in [4.78, 5) is 12.8. The Balaban J connectivity index is 1.54. The molecule has 2 saturated heterocycles. The molecule has 0 aromatic heterocycles. The van der Waals surface area contributed by atoms with E-state index in [1.165, 1.54) is 0 Å². The molecule has 0 aromatic carbocycles. The van der Waals surface area contributed by atoms with Gasteiger partial charge < -0.3 is 109 Å². The van der Waals surface area contributed by atoms with Crippen LogP contribution in [0.25, 0.3) is 0 Å². The van der Waals surface area contributed by atoms with Crippen LogP contribution in [0.3, 0.4) is 0 Å². The summed E-state index contributed by atoms with van der Waals surface area (Å²) < 4.78 is 35.7. The number of nitrogens with two attached hydrogens (primary N) is 6. The summed E-state index contributed by atoms with van der Waals surface area (Å²) in [5, 5.41) is 79.6. The number of carbonyl (C=O) groups is 1. The van der Waals surface area contributed by atoms with Crippen LogP contribution in [0.1, 0.15) is 19.3 Å². The summed E-state index contributed by atoms with van der Waals surface area (Å²) in [6.45, 7) is 0.212. The molecular weight excluding hydrogens is 696 g/mol. The highest BCUT2D eigenvalue weighted by atomic mass is 16.8. The van der Waals surface area contributed by atoms with Crippen LogP contribution in [0, 0.1) is 0 Å². The molecule has 0 bridgehead atoms. The van der Waals surface area contributed by atoms with Gasteiger partial charge in [-0.05, 0) is 38.4 Å². The molecule has 1 saturated carbocycles. The molecule has 4 aliphatic rings. The van der Waals surface area contributed by atoms with E-state index in [9.17, 15) is 40.5 Å². The van der Waals surface area contributed by atoms with Gasteiger partial charge in [-0.25, -0.2) is 0 Å². The molecule has 3 aliphatic heterocycles. The van der Waals surface area contributed by atoms with E-state index in [0.29, 0.717) is 31.8 Å². The van der Waals surface area contributed by atoms with Gasteiger partial charge in [0, 0.05) is 19.1 Å². The maximum absolute atomic E-state index is 12.8. The molecule has 22 nitrogen and oxygen atoms in total. The van der Waals surface area contributed by atoms with Crippen molar-refractivity contribution in [1.29, 1.82) is 0 Å². The fourth-order valence-corrected chi connectivity index (χ4v) is 6.50. The third kappa shape index (κ3) is 10.1. The molecule has 1 aliphatic carbocycles. The smallest absolute Gasteiger partial charge is 0.251 e. The van der Waals surface area contributed by atoms with E-state index in [0.717, 1.165) is 6.42 Å². The quantitative estimate of drug-likeness (QED) is 0.0613. The number of carbonyl (C=O) groups excluding carboxylic acids is 1. The number of hydrogen-bond acceptors (Lipinski definition) is 21. The predicted molar refractivity (Wildman–Crippen MR) is 178 cm³/mol. The summed E-state index contributed by atoms with van der Waals surface area (Å²) in [5.74, 6) is -0.499. The van der Waals surface area contributed by atoms with E-state index < -0.39 is 129 Å². The summed E-state index contributed by atoms with van der Waals surface area (Å²) in [7, 11) is 0. The van der Waals surface area contributed by atoms with Gasteiger partial charge in [0.05, 0.1) is 31.3 Å². The van der Waals surface area contributed by atoms with Crippen molar-refractivity contribution in [2.24, 2.45) is 34.4 Å². The maximum atomic E-state index is 12.8. The Bertz CT molecular complexity index is 1150. The molecule has 0 spiro atoms. The van der Waals surface area contributed by atoms with Gasteiger partial charge in [0.1, 0.15) is 66.8 Å². The molecule has 52 heavy (non-hydrogen) atoms. The van der Waals surface area contributed by atoms with Crippen LogP contribution in [0.15, 0.2) is 11.8 Å². The number of nitrogens with one attached hydrogen (secondary N) is 2. The number of hydrogen-bond donors (Lipinski definition) is 15. The minimum Gasteiger partial charge on any atom is -0.467 e. The summed E-state index contributed by atoms with van der Waals surface area (Å²) in [6.07, 6.45) is -17.4. The molecule has 22 heteroatoms. The summed E-state index contributed by atoms with van der Waals surface area (Å²) >= 11 is 0. The van der Waals surface area contributed by atoms with E-state index in [1.54, 1.807) is 0 Å². The molecular formula is C30H58N8O14. The largest absolute Gasteiger partial charge is 0.467 e. The Morgan fingerprint density at radius 3 is 2.19 bits per heavy atom. The second kappa shape index (κ2) is 19.7. The van der Waals surface area contributed by atoms with E-state index >= 15 is 0 Å². The van der Waals surface area contributed by atoms with Gasteiger partial charge in [0.25, 0.3) is 5.91 Å². The maximum Gasteiger partial charge on any atom is 0.251 e. The topological polar surface area (TPSA) is 394 Å². The molecule has 3 heterocycles. The lowest BCUT2D eigenvalue weighted by molar-refractivity contribution is -0.282. The summed E-state index contributed by atoms with van der Waals surface area (Å²) in [5.41, 5.74) is 35.5. The highest BCUT2D eigenvalue weighted by molar-refractivity contribution is 5.81. The second-order valence-electron chi connectivity index (χ2n) is 13.5. The Kier molecular flexibility index (Phi) is 16.3. The van der Waals surface area contributed by atoms with Crippen LogP contribution in [-0.4, -0.2) is 191 Å². The zero-order chi connectivity index (χ0) is 38.3. The molecule has 3 fully saturated rings. The lowest BCUT2D eigenvalue weighted by Gasteiger charge is -2.46. The zero-order valence-corrected chi connectivity index (χ0v) is 28.8.